The van der Waals surface area contributed by atoms with Crippen LogP contribution in [0.25, 0.3) is 0 Å². The third kappa shape index (κ3) is 7.43. The Labute approximate surface area is 274 Å². The lowest BCUT2D eigenvalue weighted by molar-refractivity contribution is -0.139. The van der Waals surface area contributed by atoms with Gasteiger partial charge in [-0.15, -0.1) is 0 Å². The second kappa shape index (κ2) is 14.9. The van der Waals surface area contributed by atoms with Crippen LogP contribution in [-0.4, -0.2) is 53.1 Å². The summed E-state index contributed by atoms with van der Waals surface area (Å²) in [5.41, 5.74) is 1.62. The van der Waals surface area contributed by atoms with E-state index >= 15 is 0 Å². The van der Waals surface area contributed by atoms with Crippen LogP contribution >= 0.6 is 0 Å². The van der Waals surface area contributed by atoms with Crippen molar-refractivity contribution in [2.75, 3.05) is 30.5 Å². The SMILES string of the molecule is COc1ccc(C(=O)Nc2ccc3c(c2)[C@@](O)([C@H](C)/C=C/CC(=O)N(CCO)Cc2ccccc2)C(=O)N3Cc2ccccc2)cc1. The van der Waals surface area contributed by atoms with E-state index in [1.54, 1.807) is 78.4 Å². The summed E-state index contributed by atoms with van der Waals surface area (Å²) in [5, 5.41) is 24.6. The highest BCUT2D eigenvalue weighted by molar-refractivity contribution is 6.09. The number of carbonyl (C=O) groups is 3. The molecule has 242 valence electrons. The molecule has 1 aliphatic heterocycles. The zero-order valence-electron chi connectivity index (χ0n) is 26.5. The number of hydrogen-bond acceptors (Lipinski definition) is 6. The molecule has 3 amide bonds. The lowest BCUT2D eigenvalue weighted by Crippen LogP contribution is -2.44. The lowest BCUT2D eigenvalue weighted by Gasteiger charge is -2.28. The lowest BCUT2D eigenvalue weighted by atomic mass is 9.82. The van der Waals surface area contributed by atoms with Crippen LogP contribution in [0, 0.1) is 5.92 Å². The molecule has 0 aliphatic carbocycles. The molecule has 0 aromatic heterocycles. The van der Waals surface area contributed by atoms with Gasteiger partial charge in [0.1, 0.15) is 5.75 Å². The van der Waals surface area contributed by atoms with Crippen LogP contribution in [-0.2, 0) is 28.3 Å². The Morgan fingerprint density at radius 1 is 0.957 bits per heavy atom. The van der Waals surface area contributed by atoms with Crippen LogP contribution in [0.4, 0.5) is 11.4 Å². The first-order chi connectivity index (χ1) is 22.7. The number of aliphatic hydroxyl groups excluding tert-OH is 1. The summed E-state index contributed by atoms with van der Waals surface area (Å²) in [6.07, 6.45) is 3.36. The van der Waals surface area contributed by atoms with Gasteiger partial charge in [-0.1, -0.05) is 79.7 Å². The van der Waals surface area contributed by atoms with E-state index in [4.69, 9.17) is 4.74 Å². The first kappa shape index (κ1) is 33.1. The molecule has 5 rings (SSSR count). The topological polar surface area (TPSA) is 119 Å². The minimum atomic E-state index is -1.96. The molecule has 3 N–H and O–H groups in total. The van der Waals surface area contributed by atoms with Crippen LogP contribution in [0.3, 0.4) is 0 Å². The van der Waals surface area contributed by atoms with Gasteiger partial charge in [0.15, 0.2) is 5.60 Å². The maximum Gasteiger partial charge on any atom is 0.264 e. The van der Waals surface area contributed by atoms with Gasteiger partial charge in [0.05, 0.1) is 25.9 Å². The van der Waals surface area contributed by atoms with Crippen molar-refractivity contribution >= 4 is 29.1 Å². The average molecular weight is 634 g/mol. The first-order valence-electron chi connectivity index (χ1n) is 15.5. The summed E-state index contributed by atoms with van der Waals surface area (Å²) in [5.74, 6) is -1.14. The van der Waals surface area contributed by atoms with Gasteiger partial charge < -0.3 is 30.1 Å². The number of nitrogens with one attached hydrogen (secondary N) is 1. The summed E-state index contributed by atoms with van der Waals surface area (Å²) in [4.78, 5) is 43.4. The molecule has 0 saturated carbocycles. The van der Waals surface area contributed by atoms with E-state index in [2.05, 4.69) is 5.32 Å². The van der Waals surface area contributed by atoms with Gasteiger partial charge in [-0.3, -0.25) is 14.4 Å². The van der Waals surface area contributed by atoms with E-state index < -0.39 is 17.4 Å². The molecular formula is C38H39N3O6. The van der Waals surface area contributed by atoms with E-state index in [1.807, 2.05) is 60.7 Å². The molecule has 0 fully saturated rings. The van der Waals surface area contributed by atoms with Gasteiger partial charge in [-0.25, -0.2) is 0 Å². The predicted molar refractivity (Wildman–Crippen MR) is 181 cm³/mol. The van der Waals surface area contributed by atoms with Gasteiger partial charge in [-0.05, 0) is 53.6 Å². The fourth-order valence-electron chi connectivity index (χ4n) is 5.75. The number of methoxy groups -OCH3 is 1. The van der Waals surface area contributed by atoms with Crippen LogP contribution < -0.4 is 15.0 Å². The van der Waals surface area contributed by atoms with Gasteiger partial charge in [0.25, 0.3) is 11.8 Å². The van der Waals surface area contributed by atoms with Crippen molar-refractivity contribution < 1.29 is 29.3 Å². The van der Waals surface area contributed by atoms with E-state index in [0.29, 0.717) is 34.8 Å². The Bertz CT molecular complexity index is 1730. The van der Waals surface area contributed by atoms with Crippen LogP contribution in [0.5, 0.6) is 5.75 Å². The number of benzene rings is 4. The number of carbonyl (C=O) groups excluding carboxylic acids is 3. The second-order valence-corrected chi connectivity index (χ2v) is 11.5. The quantitative estimate of drug-likeness (QED) is 0.172. The summed E-state index contributed by atoms with van der Waals surface area (Å²) in [6, 6.07) is 30.8. The number of amides is 3. The monoisotopic (exact) mass is 633 g/mol. The fourth-order valence-corrected chi connectivity index (χ4v) is 5.75. The zero-order chi connectivity index (χ0) is 33.4. The molecule has 9 nitrogen and oxygen atoms in total. The number of aliphatic hydroxyl groups is 2. The number of ether oxygens (including phenoxy) is 1. The van der Waals surface area contributed by atoms with E-state index in [-0.39, 0.29) is 37.9 Å². The Kier molecular flexibility index (Phi) is 10.5. The second-order valence-electron chi connectivity index (χ2n) is 11.5. The highest BCUT2D eigenvalue weighted by Crippen LogP contribution is 2.47. The Morgan fingerprint density at radius 3 is 2.26 bits per heavy atom. The van der Waals surface area contributed by atoms with Gasteiger partial charge in [-0.2, -0.15) is 0 Å². The molecule has 0 radical (unpaired) electrons. The Balaban J connectivity index is 1.39. The zero-order valence-corrected chi connectivity index (χ0v) is 26.5. The highest BCUT2D eigenvalue weighted by atomic mass is 16.5. The first-order valence-corrected chi connectivity index (χ1v) is 15.5. The minimum Gasteiger partial charge on any atom is -0.497 e. The van der Waals surface area contributed by atoms with Crippen molar-refractivity contribution in [1.29, 1.82) is 0 Å². The standard InChI is InChI=1S/C38H39N3O6/c1-27(10-9-15-35(43)40(22-23-42)25-28-11-5-3-6-12-28)38(46)33-24-31(39-36(44)30-16-19-32(47-2)20-17-30)18-21-34(33)41(37(38)45)26-29-13-7-4-8-14-29/h3-14,16-21,24,27,42,46H,15,22-23,25-26H2,1-2H3,(H,39,44)/b10-9+/t27-,38+/m1/s1. The molecule has 4 aromatic rings. The normalized spacial score (nSPS) is 16.2. The number of nitrogens with zero attached hydrogens (tertiary/aromatic N) is 2. The third-order valence-corrected chi connectivity index (χ3v) is 8.38. The van der Waals surface area contributed by atoms with Crippen LogP contribution in [0.1, 0.15) is 40.4 Å². The number of rotatable bonds is 13. The highest BCUT2D eigenvalue weighted by Gasteiger charge is 2.52. The van der Waals surface area contributed by atoms with E-state index in [0.717, 1.165) is 11.1 Å². The Hall–Kier alpha value is -5.25. The Morgan fingerprint density at radius 2 is 1.62 bits per heavy atom. The maximum atomic E-state index is 14.1. The van der Waals surface area contributed by atoms with Gasteiger partial charge in [0.2, 0.25) is 5.91 Å². The van der Waals surface area contributed by atoms with Crippen molar-refractivity contribution in [3.8, 4) is 5.75 Å². The van der Waals surface area contributed by atoms with Crippen molar-refractivity contribution in [3.05, 3.63) is 138 Å². The summed E-state index contributed by atoms with van der Waals surface area (Å²) < 4.78 is 5.18. The minimum absolute atomic E-state index is 0.0278. The van der Waals surface area contributed by atoms with Crippen molar-refractivity contribution in [2.45, 2.75) is 32.0 Å². The molecule has 9 heteroatoms. The van der Waals surface area contributed by atoms with Gasteiger partial charge >= 0.3 is 0 Å². The van der Waals surface area contributed by atoms with Crippen molar-refractivity contribution in [1.82, 2.24) is 4.90 Å². The molecular weight excluding hydrogens is 594 g/mol. The van der Waals surface area contributed by atoms with Crippen molar-refractivity contribution in [2.24, 2.45) is 5.92 Å². The average Bonchev–Trinajstić information content (AvgIpc) is 3.31. The molecule has 0 bridgehead atoms. The molecule has 4 aromatic carbocycles. The molecule has 2 atom stereocenters. The largest absolute Gasteiger partial charge is 0.497 e. The predicted octanol–water partition coefficient (Wildman–Crippen LogP) is 5.29. The molecule has 47 heavy (non-hydrogen) atoms. The van der Waals surface area contributed by atoms with Crippen LogP contribution in [0.15, 0.2) is 115 Å². The molecule has 0 spiro atoms. The van der Waals surface area contributed by atoms with E-state index in [1.165, 1.54) is 0 Å². The third-order valence-electron chi connectivity index (χ3n) is 8.38. The number of anilines is 2. The molecule has 0 saturated heterocycles. The summed E-state index contributed by atoms with van der Waals surface area (Å²) >= 11 is 0. The molecule has 1 aliphatic rings. The smallest absolute Gasteiger partial charge is 0.264 e. The van der Waals surface area contributed by atoms with Gasteiger partial charge in [0, 0.05) is 42.2 Å². The summed E-state index contributed by atoms with van der Waals surface area (Å²) in [7, 11) is 1.55. The molecule has 0 unspecified atom stereocenters. The molecule has 1 heterocycles. The number of fused-ring (bicyclic) bond motifs is 1. The summed E-state index contributed by atoms with van der Waals surface area (Å²) in [6.45, 7) is 2.35. The van der Waals surface area contributed by atoms with Crippen LogP contribution in [0.2, 0.25) is 0 Å². The fraction of sp³-hybridized carbons (Fsp3) is 0.237. The number of hydrogen-bond donors (Lipinski definition) is 3. The van der Waals surface area contributed by atoms with E-state index in [9.17, 15) is 24.6 Å². The maximum absolute atomic E-state index is 14.1. The van der Waals surface area contributed by atoms with Crippen molar-refractivity contribution in [3.63, 3.8) is 0 Å².